The number of nitrogens with one attached hydrogen (secondary N) is 1. The lowest BCUT2D eigenvalue weighted by Gasteiger charge is -2.06. The maximum atomic E-state index is 13.5. The van der Waals surface area contributed by atoms with Crippen LogP contribution in [-0.2, 0) is 6.54 Å². The number of hydrogen-bond donors (Lipinski definition) is 1. The number of rotatable bonds is 6. The molecule has 1 aliphatic carbocycles. The van der Waals surface area contributed by atoms with Crippen molar-refractivity contribution < 1.29 is 18.0 Å². The third-order valence-electron chi connectivity index (χ3n) is 5.16. The van der Waals surface area contributed by atoms with E-state index in [-0.39, 0.29) is 40.3 Å². The van der Waals surface area contributed by atoms with Crippen LogP contribution < -0.4 is 5.32 Å². The molecule has 1 saturated carbocycles. The number of carbonyl (C=O) groups is 1. The summed E-state index contributed by atoms with van der Waals surface area (Å²) in [6, 6.07) is 8.36. The molecule has 0 bridgehead atoms. The number of alkyl halides is 2. The molecular formula is C21H16ClF3N6O. The average Bonchev–Trinajstić information content (AvgIpc) is 3.36. The summed E-state index contributed by atoms with van der Waals surface area (Å²) in [7, 11) is 0. The number of benzene rings is 1. The highest BCUT2D eigenvalue weighted by Crippen LogP contribution is 2.40. The van der Waals surface area contributed by atoms with Crippen LogP contribution in [0.5, 0.6) is 0 Å². The fourth-order valence-electron chi connectivity index (χ4n) is 3.39. The first-order valence-corrected chi connectivity index (χ1v) is 10.2. The summed E-state index contributed by atoms with van der Waals surface area (Å²) in [5, 5.41) is 11.1. The van der Waals surface area contributed by atoms with Crippen LogP contribution in [0.1, 0.15) is 52.6 Å². The molecule has 5 rings (SSSR count). The molecule has 32 heavy (non-hydrogen) atoms. The van der Waals surface area contributed by atoms with Gasteiger partial charge in [0.1, 0.15) is 11.5 Å². The van der Waals surface area contributed by atoms with Crippen LogP contribution in [0.15, 0.2) is 42.6 Å². The van der Waals surface area contributed by atoms with Gasteiger partial charge in [-0.05, 0) is 36.6 Å². The fourth-order valence-corrected chi connectivity index (χ4v) is 3.62. The van der Waals surface area contributed by atoms with Crippen molar-refractivity contribution in [3.63, 3.8) is 0 Å². The van der Waals surface area contributed by atoms with E-state index in [1.54, 1.807) is 18.3 Å². The van der Waals surface area contributed by atoms with Crippen molar-refractivity contribution in [1.82, 2.24) is 24.4 Å². The lowest BCUT2D eigenvalue weighted by atomic mass is 10.2. The molecule has 1 N–H and O–H groups in total. The summed E-state index contributed by atoms with van der Waals surface area (Å²) in [4.78, 5) is 17.0. The first-order chi connectivity index (χ1) is 15.4. The molecule has 0 spiro atoms. The Morgan fingerprint density at radius 3 is 2.72 bits per heavy atom. The Hall–Kier alpha value is -3.40. The van der Waals surface area contributed by atoms with Gasteiger partial charge >= 0.3 is 0 Å². The zero-order valence-corrected chi connectivity index (χ0v) is 17.2. The molecule has 0 saturated heterocycles. The van der Waals surface area contributed by atoms with E-state index < -0.39 is 18.1 Å². The third kappa shape index (κ3) is 4.05. The minimum absolute atomic E-state index is 0.0523. The summed E-state index contributed by atoms with van der Waals surface area (Å²) >= 11 is 6.04. The fraction of sp³-hybridized carbons (Fsp3) is 0.238. The van der Waals surface area contributed by atoms with E-state index in [0.29, 0.717) is 11.3 Å². The normalized spacial score (nSPS) is 13.8. The van der Waals surface area contributed by atoms with Crippen LogP contribution >= 0.6 is 11.6 Å². The van der Waals surface area contributed by atoms with Crippen LogP contribution in [-0.4, -0.2) is 30.3 Å². The molecule has 0 radical (unpaired) electrons. The minimum atomic E-state index is -2.75. The van der Waals surface area contributed by atoms with Crippen LogP contribution in [0.25, 0.3) is 5.65 Å². The second-order valence-corrected chi connectivity index (χ2v) is 7.98. The molecule has 4 aromatic rings. The van der Waals surface area contributed by atoms with Gasteiger partial charge in [-0.2, -0.15) is 10.2 Å². The van der Waals surface area contributed by atoms with Gasteiger partial charge in [0.25, 0.3) is 12.3 Å². The van der Waals surface area contributed by atoms with Gasteiger partial charge in [-0.15, -0.1) is 0 Å². The number of carbonyl (C=O) groups excluding carboxylic acids is 1. The molecule has 7 nitrogen and oxygen atoms in total. The van der Waals surface area contributed by atoms with Gasteiger partial charge in [-0.3, -0.25) is 9.48 Å². The minimum Gasteiger partial charge on any atom is -0.304 e. The Labute approximate surface area is 184 Å². The second kappa shape index (κ2) is 7.94. The first kappa shape index (κ1) is 20.5. The molecule has 1 amide bonds. The van der Waals surface area contributed by atoms with E-state index in [1.807, 2.05) is 0 Å². The number of amides is 1. The lowest BCUT2D eigenvalue weighted by Crippen LogP contribution is -2.14. The van der Waals surface area contributed by atoms with Crippen LogP contribution in [0.2, 0.25) is 5.02 Å². The summed E-state index contributed by atoms with van der Waals surface area (Å²) in [6.45, 7) is 0.273. The predicted octanol–water partition coefficient (Wildman–Crippen LogP) is 4.83. The molecule has 11 heteroatoms. The monoisotopic (exact) mass is 460 g/mol. The zero-order chi connectivity index (χ0) is 22.4. The number of aromatic nitrogens is 5. The quantitative estimate of drug-likeness (QED) is 0.447. The standard InChI is InChI=1S/C21H16ClF3N6O/c22-14-7-13(23)4-3-12(14)10-30-6-5-18(29-30)27-21(32)16-9-19-26-15(11-1-2-11)8-17(20(24)25)31(19)28-16/h3-9,11,20H,1-2,10H2,(H,27,29,32). The van der Waals surface area contributed by atoms with Crippen molar-refractivity contribution in [1.29, 1.82) is 0 Å². The highest BCUT2D eigenvalue weighted by Gasteiger charge is 2.28. The molecule has 3 aromatic heterocycles. The topological polar surface area (TPSA) is 77.1 Å². The predicted molar refractivity (Wildman–Crippen MR) is 111 cm³/mol. The number of halogens is 4. The molecule has 1 fully saturated rings. The summed E-state index contributed by atoms with van der Waals surface area (Å²) in [5.74, 6) is -0.614. The Balaban J connectivity index is 1.35. The van der Waals surface area contributed by atoms with Gasteiger partial charge in [0, 0.05) is 35.0 Å². The van der Waals surface area contributed by atoms with Gasteiger partial charge in [0.2, 0.25) is 0 Å². The number of nitrogens with zero attached hydrogens (tertiary/aromatic N) is 5. The molecule has 164 valence electrons. The first-order valence-electron chi connectivity index (χ1n) is 9.85. The van der Waals surface area contributed by atoms with E-state index in [0.717, 1.165) is 17.4 Å². The zero-order valence-electron chi connectivity index (χ0n) is 16.5. The molecule has 0 aliphatic heterocycles. The molecule has 0 unspecified atom stereocenters. The number of fused-ring (bicyclic) bond motifs is 1. The van der Waals surface area contributed by atoms with E-state index >= 15 is 0 Å². The molecule has 0 atom stereocenters. The van der Waals surface area contributed by atoms with Crippen molar-refractivity contribution in [2.75, 3.05) is 5.32 Å². The van der Waals surface area contributed by atoms with E-state index in [1.165, 1.54) is 28.9 Å². The Morgan fingerprint density at radius 2 is 2.00 bits per heavy atom. The number of anilines is 1. The number of hydrogen-bond acceptors (Lipinski definition) is 4. The van der Waals surface area contributed by atoms with Crippen molar-refractivity contribution in [3.8, 4) is 0 Å². The molecular weight excluding hydrogens is 445 g/mol. The third-order valence-corrected chi connectivity index (χ3v) is 5.51. The van der Waals surface area contributed by atoms with Crippen molar-refractivity contribution in [3.05, 3.63) is 76.1 Å². The van der Waals surface area contributed by atoms with Crippen LogP contribution in [0.3, 0.4) is 0 Å². The lowest BCUT2D eigenvalue weighted by molar-refractivity contribution is 0.102. The van der Waals surface area contributed by atoms with Crippen LogP contribution in [0, 0.1) is 5.82 Å². The van der Waals surface area contributed by atoms with E-state index in [2.05, 4.69) is 20.5 Å². The molecule has 3 heterocycles. The van der Waals surface area contributed by atoms with E-state index in [4.69, 9.17) is 11.6 Å². The van der Waals surface area contributed by atoms with Crippen molar-refractivity contribution in [2.24, 2.45) is 0 Å². The van der Waals surface area contributed by atoms with Gasteiger partial charge < -0.3 is 5.32 Å². The Morgan fingerprint density at radius 1 is 1.19 bits per heavy atom. The summed E-state index contributed by atoms with van der Waals surface area (Å²) in [6.07, 6.45) is 0.707. The van der Waals surface area contributed by atoms with Crippen molar-refractivity contribution in [2.45, 2.75) is 31.7 Å². The van der Waals surface area contributed by atoms with Crippen molar-refractivity contribution >= 4 is 29.0 Å². The highest BCUT2D eigenvalue weighted by molar-refractivity contribution is 6.31. The maximum absolute atomic E-state index is 13.5. The Bertz CT molecular complexity index is 1330. The smallest absolute Gasteiger partial charge is 0.280 e. The second-order valence-electron chi connectivity index (χ2n) is 7.57. The summed E-state index contributed by atoms with van der Waals surface area (Å²) in [5.41, 5.74) is 1.11. The SMILES string of the molecule is O=C(Nc1ccn(Cc2ccc(F)cc2Cl)n1)c1cc2nc(C3CC3)cc(C(F)F)n2n1. The highest BCUT2D eigenvalue weighted by atomic mass is 35.5. The van der Waals surface area contributed by atoms with Gasteiger partial charge in [0.15, 0.2) is 17.2 Å². The van der Waals surface area contributed by atoms with Gasteiger partial charge in [0.05, 0.1) is 6.54 Å². The van der Waals surface area contributed by atoms with Gasteiger partial charge in [-0.1, -0.05) is 17.7 Å². The summed E-state index contributed by atoms with van der Waals surface area (Å²) < 4.78 is 42.8. The maximum Gasteiger partial charge on any atom is 0.280 e. The van der Waals surface area contributed by atoms with Crippen LogP contribution in [0.4, 0.5) is 19.0 Å². The largest absolute Gasteiger partial charge is 0.304 e. The molecule has 1 aliphatic rings. The Kier molecular flexibility index (Phi) is 5.09. The van der Waals surface area contributed by atoms with Gasteiger partial charge in [-0.25, -0.2) is 22.7 Å². The molecule has 1 aromatic carbocycles. The average molecular weight is 461 g/mol. The van der Waals surface area contributed by atoms with E-state index in [9.17, 15) is 18.0 Å².